The first-order valence-corrected chi connectivity index (χ1v) is 20.1. The van der Waals surface area contributed by atoms with Crippen molar-refractivity contribution in [3.63, 3.8) is 0 Å². The largest absolute Gasteiger partial charge is 0.456 e. The molecule has 1 heterocycles. The van der Waals surface area contributed by atoms with Crippen LogP contribution >= 0.6 is 0 Å². The van der Waals surface area contributed by atoms with Crippen molar-refractivity contribution in [2.75, 3.05) is 9.80 Å². The monoisotopic (exact) mass is 754 g/mol. The number of anilines is 6. The first kappa shape index (κ1) is 34.4. The second kappa shape index (κ2) is 14.6. The number of benzene rings is 10. The van der Waals surface area contributed by atoms with E-state index in [1.54, 1.807) is 0 Å². The van der Waals surface area contributed by atoms with Crippen LogP contribution < -0.4 is 9.80 Å². The van der Waals surface area contributed by atoms with Gasteiger partial charge in [0.25, 0.3) is 0 Å². The lowest BCUT2D eigenvalue weighted by atomic mass is 9.92. The predicted molar refractivity (Wildman–Crippen MR) is 249 cm³/mol. The molecule has 0 fully saturated rings. The van der Waals surface area contributed by atoms with Crippen molar-refractivity contribution < 1.29 is 4.42 Å². The summed E-state index contributed by atoms with van der Waals surface area (Å²) in [7, 11) is 0. The molecule has 0 aliphatic heterocycles. The summed E-state index contributed by atoms with van der Waals surface area (Å²) in [6, 6.07) is 82.6. The number of hydrogen-bond donors (Lipinski definition) is 0. The Hall–Kier alpha value is -7.88. The third kappa shape index (κ3) is 6.17. The molecule has 3 heteroatoms. The average Bonchev–Trinajstić information content (AvgIpc) is 3.68. The van der Waals surface area contributed by atoms with Crippen LogP contribution in [0.4, 0.5) is 34.1 Å². The molecule has 1 aromatic heterocycles. The SMILES string of the molecule is c1ccc(-c2ccccc2N(c2ccccc2)c2cc(-c3cc4ccccc4c4ccccc34)cc(N(c3ccccc3)c3ccc4oc5ccccc5c4c3)c2)cc1. The summed E-state index contributed by atoms with van der Waals surface area (Å²) in [5.74, 6) is 0. The van der Waals surface area contributed by atoms with Crippen LogP contribution in [0.2, 0.25) is 0 Å². The number of hydrogen-bond acceptors (Lipinski definition) is 3. The standard InChI is InChI=1S/C56H38N2O/c1-4-18-39(19-5-1)48-26-14-16-30-54(48)58(43-23-8-3-9-24-43)46-35-41(52-36-40-20-10-11-25-47(40)49-27-12-13-28-50(49)52)34-45(37-46)57(42-21-6-2-7-22-42)44-32-33-56-53(38-44)51-29-15-17-31-55(51)59-56/h1-38H. The molecule has 0 aliphatic rings. The van der Waals surface area contributed by atoms with Gasteiger partial charge in [0.05, 0.1) is 5.69 Å². The van der Waals surface area contributed by atoms with E-state index in [2.05, 4.69) is 228 Å². The van der Waals surface area contributed by atoms with Crippen LogP contribution in [0.5, 0.6) is 0 Å². The molecule has 0 saturated carbocycles. The van der Waals surface area contributed by atoms with Crippen LogP contribution in [0, 0.1) is 0 Å². The van der Waals surface area contributed by atoms with Gasteiger partial charge in [0.2, 0.25) is 0 Å². The van der Waals surface area contributed by atoms with Crippen LogP contribution in [0.15, 0.2) is 235 Å². The van der Waals surface area contributed by atoms with Crippen LogP contribution in [0.1, 0.15) is 0 Å². The normalized spacial score (nSPS) is 11.4. The third-order valence-corrected chi connectivity index (χ3v) is 11.4. The minimum atomic E-state index is 0.868. The van der Waals surface area contributed by atoms with Crippen molar-refractivity contribution in [1.82, 2.24) is 0 Å². The average molecular weight is 755 g/mol. The molecule has 0 aliphatic carbocycles. The lowest BCUT2D eigenvalue weighted by Crippen LogP contribution is -2.14. The van der Waals surface area contributed by atoms with E-state index < -0.39 is 0 Å². The predicted octanol–water partition coefficient (Wildman–Crippen LogP) is 16.2. The molecule has 59 heavy (non-hydrogen) atoms. The fourth-order valence-electron chi connectivity index (χ4n) is 8.71. The molecule has 10 aromatic carbocycles. The van der Waals surface area contributed by atoms with Gasteiger partial charge in [-0.2, -0.15) is 0 Å². The Kier molecular flexibility index (Phi) is 8.49. The Bertz CT molecular complexity index is 3280. The summed E-state index contributed by atoms with van der Waals surface area (Å²) in [6.45, 7) is 0. The minimum Gasteiger partial charge on any atom is -0.456 e. The minimum absolute atomic E-state index is 0.868. The molecule has 11 rings (SSSR count). The van der Waals surface area contributed by atoms with E-state index in [0.717, 1.165) is 72.8 Å². The lowest BCUT2D eigenvalue weighted by Gasteiger charge is -2.31. The molecule has 11 aromatic rings. The van der Waals surface area contributed by atoms with E-state index >= 15 is 0 Å². The molecule has 0 bridgehead atoms. The van der Waals surface area contributed by atoms with Gasteiger partial charge >= 0.3 is 0 Å². The Morgan fingerprint density at radius 2 is 0.831 bits per heavy atom. The lowest BCUT2D eigenvalue weighted by molar-refractivity contribution is 0.669. The van der Waals surface area contributed by atoms with Crippen molar-refractivity contribution in [1.29, 1.82) is 0 Å². The molecule has 0 amide bonds. The van der Waals surface area contributed by atoms with Crippen molar-refractivity contribution >= 4 is 77.6 Å². The number of nitrogens with zero attached hydrogens (tertiary/aromatic N) is 2. The fraction of sp³-hybridized carbons (Fsp3) is 0. The van der Waals surface area contributed by atoms with Crippen LogP contribution in [0.3, 0.4) is 0 Å². The van der Waals surface area contributed by atoms with E-state index in [1.165, 1.54) is 27.1 Å². The second-order valence-electron chi connectivity index (χ2n) is 14.9. The zero-order valence-electron chi connectivity index (χ0n) is 32.2. The molecule has 0 N–H and O–H groups in total. The zero-order valence-corrected chi connectivity index (χ0v) is 32.2. The van der Waals surface area contributed by atoms with Gasteiger partial charge in [0.15, 0.2) is 0 Å². The molecule has 0 radical (unpaired) electrons. The molecule has 0 unspecified atom stereocenters. The van der Waals surface area contributed by atoms with E-state index in [9.17, 15) is 0 Å². The highest BCUT2D eigenvalue weighted by Gasteiger charge is 2.23. The van der Waals surface area contributed by atoms with E-state index in [0.29, 0.717) is 0 Å². The Labute approximate surface area is 343 Å². The van der Waals surface area contributed by atoms with Gasteiger partial charge < -0.3 is 14.2 Å². The van der Waals surface area contributed by atoms with Gasteiger partial charge in [-0.1, -0.05) is 152 Å². The highest BCUT2D eigenvalue weighted by molar-refractivity contribution is 6.14. The van der Waals surface area contributed by atoms with Gasteiger partial charge in [-0.3, -0.25) is 0 Å². The first-order valence-electron chi connectivity index (χ1n) is 20.1. The highest BCUT2D eigenvalue weighted by Crippen LogP contribution is 2.47. The Morgan fingerprint density at radius 3 is 1.59 bits per heavy atom. The summed E-state index contributed by atoms with van der Waals surface area (Å²) in [5, 5.41) is 7.08. The molecule has 3 nitrogen and oxygen atoms in total. The van der Waals surface area contributed by atoms with Crippen molar-refractivity contribution in [3.8, 4) is 22.3 Å². The number of furan rings is 1. The van der Waals surface area contributed by atoms with Gasteiger partial charge in [-0.05, 0) is 117 Å². The molecule has 0 atom stereocenters. The maximum atomic E-state index is 6.32. The van der Waals surface area contributed by atoms with Gasteiger partial charge in [0.1, 0.15) is 11.2 Å². The van der Waals surface area contributed by atoms with Crippen LogP contribution in [0.25, 0.3) is 65.7 Å². The fourth-order valence-corrected chi connectivity index (χ4v) is 8.71. The quantitative estimate of drug-likeness (QED) is 0.144. The second-order valence-corrected chi connectivity index (χ2v) is 14.9. The van der Waals surface area contributed by atoms with Crippen molar-refractivity contribution in [3.05, 3.63) is 231 Å². The van der Waals surface area contributed by atoms with Crippen LogP contribution in [-0.2, 0) is 0 Å². The maximum Gasteiger partial charge on any atom is 0.135 e. The number of rotatable bonds is 8. The summed E-state index contributed by atoms with van der Waals surface area (Å²) >= 11 is 0. The van der Waals surface area contributed by atoms with Crippen LogP contribution in [-0.4, -0.2) is 0 Å². The topological polar surface area (TPSA) is 19.6 Å². The molecule has 0 saturated heterocycles. The van der Waals surface area contributed by atoms with E-state index in [1.807, 2.05) is 12.1 Å². The summed E-state index contributed by atoms with van der Waals surface area (Å²) in [4.78, 5) is 4.79. The molecule has 0 spiro atoms. The molecular formula is C56H38N2O. The van der Waals surface area contributed by atoms with Gasteiger partial charge in [-0.25, -0.2) is 0 Å². The Morgan fingerprint density at radius 1 is 0.271 bits per heavy atom. The third-order valence-electron chi connectivity index (χ3n) is 11.4. The molecular weight excluding hydrogens is 717 g/mol. The van der Waals surface area contributed by atoms with E-state index in [4.69, 9.17) is 4.42 Å². The Balaban J connectivity index is 1.23. The first-order chi connectivity index (χ1) is 29.3. The smallest absolute Gasteiger partial charge is 0.135 e. The summed E-state index contributed by atoms with van der Waals surface area (Å²) in [6.07, 6.45) is 0. The van der Waals surface area contributed by atoms with Gasteiger partial charge in [-0.15, -0.1) is 0 Å². The number of fused-ring (bicyclic) bond motifs is 6. The van der Waals surface area contributed by atoms with E-state index in [-0.39, 0.29) is 0 Å². The summed E-state index contributed by atoms with van der Waals surface area (Å²) < 4.78 is 6.32. The molecule has 278 valence electrons. The summed E-state index contributed by atoms with van der Waals surface area (Å²) in [5.41, 5.74) is 12.7. The zero-order chi connectivity index (χ0) is 39.1. The highest BCUT2D eigenvalue weighted by atomic mass is 16.3. The maximum absolute atomic E-state index is 6.32. The van der Waals surface area contributed by atoms with Crippen molar-refractivity contribution in [2.24, 2.45) is 0 Å². The van der Waals surface area contributed by atoms with Crippen molar-refractivity contribution in [2.45, 2.75) is 0 Å². The van der Waals surface area contributed by atoms with Gasteiger partial charge in [0, 0.05) is 44.8 Å². The number of para-hydroxylation sites is 4.